The minimum atomic E-state index is -4.10. The molecule has 1 aliphatic rings. The summed E-state index contributed by atoms with van der Waals surface area (Å²) in [5.41, 5.74) is 2.04. The number of nitrogens with one attached hydrogen (secondary N) is 1. The predicted octanol–water partition coefficient (Wildman–Crippen LogP) is 6.35. The van der Waals surface area contributed by atoms with Crippen molar-refractivity contribution in [1.29, 1.82) is 0 Å². The Labute approximate surface area is 254 Å². The van der Waals surface area contributed by atoms with Gasteiger partial charge in [-0.25, -0.2) is 8.42 Å². The molecule has 1 fully saturated rings. The molecule has 1 N–H and O–H groups in total. The second kappa shape index (κ2) is 14.7. The number of benzene rings is 3. The van der Waals surface area contributed by atoms with Crippen molar-refractivity contribution in [3.05, 3.63) is 95.0 Å². The molecule has 0 aromatic heterocycles. The summed E-state index contributed by atoms with van der Waals surface area (Å²) in [4.78, 5) is 29.5. The summed E-state index contributed by atoms with van der Waals surface area (Å²) in [5, 5.41) is 3.74. The average Bonchev–Trinajstić information content (AvgIpc) is 3.01. The molecule has 0 aliphatic heterocycles. The van der Waals surface area contributed by atoms with Crippen LogP contribution >= 0.6 is 11.6 Å². The highest BCUT2D eigenvalue weighted by molar-refractivity contribution is 7.92. The number of aryl methyl sites for hydroxylation is 1. The van der Waals surface area contributed by atoms with E-state index in [1.54, 1.807) is 42.5 Å². The smallest absolute Gasteiger partial charge is 0.264 e. The van der Waals surface area contributed by atoms with Crippen LogP contribution in [0.1, 0.15) is 63.5 Å². The van der Waals surface area contributed by atoms with Gasteiger partial charge in [-0.05, 0) is 67.1 Å². The Morgan fingerprint density at radius 1 is 0.905 bits per heavy atom. The second-order valence-electron chi connectivity index (χ2n) is 10.7. The number of para-hydroxylation sites is 1. The van der Waals surface area contributed by atoms with Gasteiger partial charge in [-0.2, -0.15) is 0 Å². The normalized spacial score (nSPS) is 14.6. The Hall–Kier alpha value is -3.36. The van der Waals surface area contributed by atoms with Crippen LogP contribution in [0.3, 0.4) is 0 Å². The van der Waals surface area contributed by atoms with Gasteiger partial charge in [0.25, 0.3) is 10.0 Å². The number of hydrogen-bond acceptors (Lipinski definition) is 4. The van der Waals surface area contributed by atoms with Gasteiger partial charge >= 0.3 is 0 Å². The predicted molar refractivity (Wildman–Crippen MR) is 168 cm³/mol. The Balaban J connectivity index is 1.72. The number of rotatable bonds is 12. The van der Waals surface area contributed by atoms with E-state index in [1.807, 2.05) is 38.1 Å². The maximum absolute atomic E-state index is 14.3. The van der Waals surface area contributed by atoms with Crippen molar-refractivity contribution >= 4 is 39.1 Å². The van der Waals surface area contributed by atoms with Crippen LogP contribution in [0.5, 0.6) is 0 Å². The van der Waals surface area contributed by atoms with Crippen LogP contribution in [-0.2, 0) is 32.6 Å². The van der Waals surface area contributed by atoms with Gasteiger partial charge in [0.15, 0.2) is 0 Å². The quantitative estimate of drug-likeness (QED) is 0.259. The zero-order valence-corrected chi connectivity index (χ0v) is 25.9. The first kappa shape index (κ1) is 31.6. The fraction of sp³-hybridized carbons (Fsp3) is 0.394. The molecule has 3 aromatic rings. The summed E-state index contributed by atoms with van der Waals surface area (Å²) in [5.74, 6) is -0.667. The van der Waals surface area contributed by atoms with Gasteiger partial charge in [0, 0.05) is 17.6 Å². The Morgan fingerprint density at radius 3 is 2.19 bits per heavy atom. The molecule has 0 spiro atoms. The van der Waals surface area contributed by atoms with Gasteiger partial charge in [-0.1, -0.05) is 93.2 Å². The first-order valence-corrected chi connectivity index (χ1v) is 16.6. The van der Waals surface area contributed by atoms with Gasteiger partial charge in [-0.15, -0.1) is 0 Å². The van der Waals surface area contributed by atoms with Crippen molar-refractivity contribution in [1.82, 2.24) is 10.2 Å². The molecule has 1 aliphatic carbocycles. The fourth-order valence-electron chi connectivity index (χ4n) is 5.54. The molecule has 0 radical (unpaired) electrons. The largest absolute Gasteiger partial charge is 0.352 e. The summed E-state index contributed by atoms with van der Waals surface area (Å²) in [6.45, 7) is 3.51. The number of sulfonamides is 1. The lowest BCUT2D eigenvalue weighted by atomic mass is 9.95. The van der Waals surface area contributed by atoms with E-state index in [-0.39, 0.29) is 23.4 Å². The van der Waals surface area contributed by atoms with Crippen LogP contribution in [0.4, 0.5) is 5.69 Å². The van der Waals surface area contributed by atoms with Crippen LogP contribution < -0.4 is 9.62 Å². The van der Waals surface area contributed by atoms with E-state index in [0.717, 1.165) is 43.2 Å². The summed E-state index contributed by atoms with van der Waals surface area (Å²) in [6.07, 6.45) is 6.11. The third kappa shape index (κ3) is 7.72. The number of anilines is 1. The van der Waals surface area contributed by atoms with Gasteiger partial charge in [0.05, 0.1) is 10.6 Å². The van der Waals surface area contributed by atoms with Crippen molar-refractivity contribution in [2.45, 2.75) is 82.3 Å². The SMILES string of the molecule is CCc1ccccc1N(CC(=O)N(Cc1ccc(Cl)cc1)[C@@H](CC)C(=O)NC1CCCCC1)S(=O)(=O)c1ccccc1. The van der Waals surface area contributed by atoms with Crippen LogP contribution in [0.25, 0.3) is 0 Å². The molecular formula is C33H40ClN3O4S. The molecule has 1 saturated carbocycles. The van der Waals surface area contributed by atoms with Gasteiger partial charge < -0.3 is 10.2 Å². The summed E-state index contributed by atoms with van der Waals surface area (Å²) >= 11 is 6.12. The molecule has 0 heterocycles. The lowest BCUT2D eigenvalue weighted by Gasteiger charge is -2.35. The monoisotopic (exact) mass is 609 g/mol. The summed E-state index contributed by atoms with van der Waals surface area (Å²) in [6, 6.07) is 21.8. The maximum atomic E-state index is 14.3. The summed E-state index contributed by atoms with van der Waals surface area (Å²) < 4.78 is 29.3. The molecule has 224 valence electrons. The number of halogens is 1. The standard InChI is InChI=1S/C33H40ClN3O4S/c1-3-26-13-11-12-18-31(26)37(42(40,41)29-16-9-6-10-17-29)24-32(38)36(23-25-19-21-27(34)22-20-25)30(4-2)33(39)35-28-14-7-5-8-15-28/h6,9-13,16-22,28,30H,3-5,7-8,14-15,23-24H2,1-2H3,(H,35,39)/t30-/m0/s1. The van der Waals surface area contributed by atoms with E-state index in [4.69, 9.17) is 11.6 Å². The number of carbonyl (C=O) groups excluding carboxylic acids is 2. The molecule has 2 amide bonds. The Kier molecular flexibility index (Phi) is 11.0. The van der Waals surface area contributed by atoms with Crippen molar-refractivity contribution in [2.75, 3.05) is 10.8 Å². The van der Waals surface area contributed by atoms with Crippen LogP contribution in [0, 0.1) is 0 Å². The molecule has 42 heavy (non-hydrogen) atoms. The fourth-order valence-corrected chi connectivity index (χ4v) is 7.14. The molecule has 7 nitrogen and oxygen atoms in total. The highest BCUT2D eigenvalue weighted by Gasteiger charge is 2.35. The second-order valence-corrected chi connectivity index (χ2v) is 13.0. The van der Waals surface area contributed by atoms with E-state index in [1.165, 1.54) is 21.3 Å². The average molecular weight is 610 g/mol. The van der Waals surface area contributed by atoms with Crippen LogP contribution in [-0.4, -0.2) is 43.8 Å². The molecule has 9 heteroatoms. The number of carbonyl (C=O) groups is 2. The highest BCUT2D eigenvalue weighted by atomic mass is 35.5. The highest BCUT2D eigenvalue weighted by Crippen LogP contribution is 2.28. The molecule has 3 aromatic carbocycles. The molecule has 0 saturated heterocycles. The first-order chi connectivity index (χ1) is 20.2. The minimum Gasteiger partial charge on any atom is -0.352 e. The van der Waals surface area contributed by atoms with E-state index in [2.05, 4.69) is 5.32 Å². The zero-order valence-electron chi connectivity index (χ0n) is 24.3. The van der Waals surface area contributed by atoms with E-state index < -0.39 is 28.5 Å². The van der Waals surface area contributed by atoms with E-state index in [9.17, 15) is 18.0 Å². The molecular weight excluding hydrogens is 570 g/mol. The van der Waals surface area contributed by atoms with E-state index >= 15 is 0 Å². The third-order valence-corrected chi connectivity index (χ3v) is 9.88. The summed E-state index contributed by atoms with van der Waals surface area (Å²) in [7, 11) is -4.10. The Bertz CT molecular complexity index is 1440. The lowest BCUT2D eigenvalue weighted by molar-refractivity contribution is -0.140. The van der Waals surface area contributed by atoms with E-state index in [0.29, 0.717) is 23.6 Å². The van der Waals surface area contributed by atoms with Gasteiger partial charge in [-0.3, -0.25) is 13.9 Å². The number of amides is 2. The maximum Gasteiger partial charge on any atom is 0.264 e. The molecule has 0 bridgehead atoms. The van der Waals surface area contributed by atoms with Crippen LogP contribution in [0.15, 0.2) is 83.8 Å². The van der Waals surface area contributed by atoms with Crippen molar-refractivity contribution < 1.29 is 18.0 Å². The minimum absolute atomic E-state index is 0.0826. The van der Waals surface area contributed by atoms with Gasteiger partial charge in [0.2, 0.25) is 11.8 Å². The molecule has 1 atom stereocenters. The zero-order chi connectivity index (χ0) is 30.1. The molecule has 4 rings (SSSR count). The van der Waals surface area contributed by atoms with Crippen LogP contribution in [0.2, 0.25) is 5.02 Å². The number of hydrogen-bond donors (Lipinski definition) is 1. The third-order valence-electron chi connectivity index (χ3n) is 7.85. The number of nitrogens with zero attached hydrogens (tertiary/aromatic N) is 2. The van der Waals surface area contributed by atoms with Gasteiger partial charge in [0.1, 0.15) is 12.6 Å². The van der Waals surface area contributed by atoms with Crippen molar-refractivity contribution in [3.8, 4) is 0 Å². The van der Waals surface area contributed by atoms with Crippen molar-refractivity contribution in [2.24, 2.45) is 0 Å². The topological polar surface area (TPSA) is 86.8 Å². The Morgan fingerprint density at radius 2 is 1.55 bits per heavy atom. The molecule has 0 unspecified atom stereocenters. The lowest BCUT2D eigenvalue weighted by Crippen LogP contribution is -2.54. The van der Waals surface area contributed by atoms with Crippen molar-refractivity contribution in [3.63, 3.8) is 0 Å². The first-order valence-electron chi connectivity index (χ1n) is 14.7.